The third-order valence-electron chi connectivity index (χ3n) is 3.06. The molecule has 100 valence electrons. The number of benzene rings is 2. The van der Waals surface area contributed by atoms with E-state index in [-0.39, 0.29) is 6.79 Å². The molecule has 0 aliphatic carbocycles. The van der Waals surface area contributed by atoms with Gasteiger partial charge in [0.15, 0.2) is 0 Å². The van der Waals surface area contributed by atoms with Gasteiger partial charge in [0.25, 0.3) is 0 Å². The molecule has 20 heavy (non-hydrogen) atoms. The standard InChI is InChI=1S/C16H13NO2.Cr/c1-2-13-5-3-4-6-14(13)17-10-12-7-8-15-16(9-12)19-11-18-15;/h2-9,17H,1,11H2;. The third kappa shape index (κ3) is 2.49. The zero-order chi connectivity index (χ0) is 13.9. The summed E-state index contributed by atoms with van der Waals surface area (Å²) in [6, 6.07) is 13.9. The first-order chi connectivity index (χ1) is 9.78. The average Bonchev–Trinajstić information content (AvgIpc) is 2.95. The Hall–Kier alpha value is -2.02. The van der Waals surface area contributed by atoms with E-state index in [1.165, 1.54) is 0 Å². The number of fused-ring (bicyclic) bond motifs is 1. The molecular formula is C16H13CrNO2. The summed E-state index contributed by atoms with van der Waals surface area (Å²) in [5.74, 6) is 1.56. The van der Waals surface area contributed by atoms with Gasteiger partial charge in [-0.15, -0.1) is 0 Å². The Morgan fingerprint density at radius 1 is 1.15 bits per heavy atom. The minimum atomic E-state index is 0.286. The summed E-state index contributed by atoms with van der Waals surface area (Å²) in [4.78, 5) is 0. The number of nitrogens with one attached hydrogen (secondary N) is 1. The van der Waals surface area contributed by atoms with E-state index in [0.29, 0.717) is 0 Å². The van der Waals surface area contributed by atoms with Gasteiger partial charge < -0.3 is 0 Å². The van der Waals surface area contributed by atoms with Crippen LogP contribution in [-0.2, 0) is 15.9 Å². The van der Waals surface area contributed by atoms with Crippen LogP contribution in [0.15, 0.2) is 49.0 Å². The molecule has 1 aliphatic rings. The number of ether oxygens (including phenoxy) is 2. The quantitative estimate of drug-likeness (QED) is 0.941. The molecule has 0 bridgehead atoms. The van der Waals surface area contributed by atoms with E-state index in [2.05, 4.69) is 27.7 Å². The van der Waals surface area contributed by atoms with Gasteiger partial charge in [0, 0.05) is 0 Å². The summed E-state index contributed by atoms with van der Waals surface area (Å²) in [7, 11) is 0. The van der Waals surface area contributed by atoms with E-state index in [4.69, 9.17) is 9.47 Å². The van der Waals surface area contributed by atoms with Crippen LogP contribution in [0.1, 0.15) is 11.1 Å². The zero-order valence-electron chi connectivity index (χ0n) is 10.8. The van der Waals surface area contributed by atoms with E-state index in [1.54, 1.807) is 0 Å². The average molecular weight is 303 g/mol. The van der Waals surface area contributed by atoms with Crippen molar-refractivity contribution in [2.45, 2.75) is 0 Å². The van der Waals surface area contributed by atoms with Gasteiger partial charge in [-0.1, -0.05) is 0 Å². The van der Waals surface area contributed by atoms with Crippen LogP contribution in [0.5, 0.6) is 11.5 Å². The number of hydrogen-bond acceptors (Lipinski definition) is 3. The van der Waals surface area contributed by atoms with Crippen molar-refractivity contribution in [3.63, 3.8) is 0 Å². The van der Waals surface area contributed by atoms with Gasteiger partial charge in [-0.3, -0.25) is 0 Å². The monoisotopic (exact) mass is 303 g/mol. The van der Waals surface area contributed by atoms with Crippen molar-refractivity contribution in [2.24, 2.45) is 0 Å². The first-order valence-corrected chi connectivity index (χ1v) is 6.84. The normalized spacial score (nSPS) is 12.0. The van der Waals surface area contributed by atoms with Gasteiger partial charge in [0.05, 0.1) is 0 Å². The second-order valence-corrected chi connectivity index (χ2v) is 4.95. The second kappa shape index (κ2) is 5.54. The van der Waals surface area contributed by atoms with Gasteiger partial charge in [-0.25, -0.2) is 0 Å². The van der Waals surface area contributed by atoms with Crippen LogP contribution in [0.3, 0.4) is 0 Å². The molecule has 4 heteroatoms. The zero-order valence-corrected chi connectivity index (χ0v) is 12.0. The molecule has 1 N–H and O–H groups in total. The molecule has 0 saturated heterocycles. The topological polar surface area (TPSA) is 30.5 Å². The SMILES string of the molecule is C=Cc1ccccc1N[C](=[Cr])c1ccc2c(c1)OCO2. The molecule has 1 heterocycles. The van der Waals surface area contributed by atoms with Gasteiger partial charge in [0.2, 0.25) is 0 Å². The molecule has 3 nitrogen and oxygen atoms in total. The molecule has 0 radical (unpaired) electrons. The number of rotatable bonds is 4. The van der Waals surface area contributed by atoms with Crippen LogP contribution in [0.4, 0.5) is 5.69 Å². The maximum absolute atomic E-state index is 5.39. The van der Waals surface area contributed by atoms with Gasteiger partial charge in [-0.2, -0.15) is 0 Å². The fourth-order valence-corrected chi connectivity index (χ4v) is 2.39. The van der Waals surface area contributed by atoms with Gasteiger partial charge in [-0.05, 0) is 0 Å². The van der Waals surface area contributed by atoms with Crippen molar-refractivity contribution < 1.29 is 25.3 Å². The molecule has 0 fully saturated rings. The van der Waals surface area contributed by atoms with Crippen molar-refractivity contribution in [1.29, 1.82) is 0 Å². The number of anilines is 1. The van der Waals surface area contributed by atoms with Crippen LogP contribution in [0.2, 0.25) is 0 Å². The Kier molecular flexibility index (Phi) is 3.60. The summed E-state index contributed by atoms with van der Waals surface area (Å²) in [6.45, 7) is 4.11. The van der Waals surface area contributed by atoms with E-state index in [0.717, 1.165) is 32.8 Å². The van der Waals surface area contributed by atoms with Gasteiger partial charge in [0.1, 0.15) is 0 Å². The fourth-order valence-electron chi connectivity index (χ4n) is 2.02. The summed E-state index contributed by atoms with van der Waals surface area (Å²) in [5, 5.41) is 3.36. The van der Waals surface area contributed by atoms with Crippen LogP contribution in [-0.4, -0.2) is 11.3 Å². The molecule has 1 aliphatic heterocycles. The molecule has 0 unspecified atom stereocenters. The van der Waals surface area contributed by atoms with Crippen molar-refractivity contribution in [2.75, 3.05) is 12.1 Å². The summed E-state index contributed by atoms with van der Waals surface area (Å²) in [6.07, 6.45) is 1.83. The van der Waals surface area contributed by atoms with E-state index in [1.807, 2.05) is 48.5 Å². The maximum atomic E-state index is 5.39. The summed E-state index contributed by atoms with van der Waals surface area (Å²) < 4.78 is 11.6. The van der Waals surface area contributed by atoms with Crippen LogP contribution in [0.25, 0.3) is 6.08 Å². The van der Waals surface area contributed by atoms with Crippen LogP contribution >= 0.6 is 0 Å². The summed E-state index contributed by atoms with van der Waals surface area (Å²) >= 11 is 3.06. The molecule has 2 aromatic rings. The molecular weight excluding hydrogens is 290 g/mol. The first-order valence-electron chi connectivity index (χ1n) is 6.20. The van der Waals surface area contributed by atoms with Crippen molar-refractivity contribution in [3.05, 3.63) is 60.2 Å². The van der Waals surface area contributed by atoms with Crippen molar-refractivity contribution in [3.8, 4) is 11.5 Å². The Labute approximate surface area is 125 Å². The second-order valence-electron chi connectivity index (χ2n) is 4.31. The number of hydrogen-bond donors (Lipinski definition) is 1. The summed E-state index contributed by atoms with van der Waals surface area (Å²) in [5.41, 5.74) is 3.09. The minimum absolute atomic E-state index is 0.286. The van der Waals surface area contributed by atoms with Crippen LogP contribution < -0.4 is 14.8 Å². The van der Waals surface area contributed by atoms with E-state index >= 15 is 0 Å². The molecule has 0 amide bonds. The predicted molar refractivity (Wildman–Crippen MR) is 76.8 cm³/mol. The molecule has 0 atom stereocenters. The Morgan fingerprint density at radius 2 is 1.95 bits per heavy atom. The third-order valence-corrected chi connectivity index (χ3v) is 3.59. The van der Waals surface area contributed by atoms with Crippen LogP contribution in [0, 0.1) is 0 Å². The molecule has 0 aromatic heterocycles. The van der Waals surface area contributed by atoms with Crippen molar-refractivity contribution in [1.82, 2.24) is 0 Å². The predicted octanol–water partition coefficient (Wildman–Crippen LogP) is 3.20. The molecule has 0 spiro atoms. The molecule has 0 saturated carbocycles. The fraction of sp³-hybridized carbons (Fsp3) is 0.0625. The Bertz CT molecular complexity index is 682. The van der Waals surface area contributed by atoms with Crippen molar-refractivity contribution >= 4 is 16.3 Å². The Balaban J connectivity index is 1.84. The van der Waals surface area contributed by atoms with E-state index in [9.17, 15) is 0 Å². The van der Waals surface area contributed by atoms with E-state index < -0.39 is 0 Å². The number of para-hydroxylation sites is 1. The molecule has 3 rings (SSSR count). The van der Waals surface area contributed by atoms with Gasteiger partial charge >= 0.3 is 125 Å². The Morgan fingerprint density at radius 3 is 2.80 bits per heavy atom. The first kappa shape index (κ1) is 13.0. The molecule has 2 aromatic carbocycles.